The van der Waals surface area contributed by atoms with Gasteiger partial charge in [-0.3, -0.25) is 9.52 Å². The van der Waals surface area contributed by atoms with Crippen LogP contribution in [0.1, 0.15) is 15.9 Å². The molecule has 0 fully saturated rings. The molecule has 1 N–H and O–H groups in total. The molecule has 2 aromatic rings. The number of carbonyl (C=O) groups excluding carboxylic acids is 1. The van der Waals surface area contributed by atoms with Crippen LogP contribution in [0.2, 0.25) is 0 Å². The zero-order valence-corrected chi connectivity index (χ0v) is 15.0. The third-order valence-electron chi connectivity index (χ3n) is 3.23. The van der Waals surface area contributed by atoms with Gasteiger partial charge in [-0.05, 0) is 29.8 Å². The molecule has 0 unspecified atom stereocenters. The van der Waals surface area contributed by atoms with Crippen molar-refractivity contribution < 1.29 is 13.2 Å². The molecule has 0 saturated carbocycles. The highest BCUT2D eigenvalue weighted by Gasteiger charge is 2.18. The van der Waals surface area contributed by atoms with Crippen molar-refractivity contribution in [3.05, 3.63) is 65.7 Å². The van der Waals surface area contributed by atoms with E-state index in [9.17, 15) is 13.2 Å². The van der Waals surface area contributed by atoms with E-state index in [2.05, 4.69) is 20.7 Å². The molecule has 0 spiro atoms. The van der Waals surface area contributed by atoms with Crippen molar-refractivity contribution in [3.8, 4) is 0 Å². The van der Waals surface area contributed by atoms with Crippen molar-refractivity contribution in [1.29, 1.82) is 0 Å². The minimum atomic E-state index is -3.66. The number of hydrogen-bond acceptors (Lipinski definition) is 3. The first-order chi connectivity index (χ1) is 10.9. The predicted octanol–water partition coefficient (Wildman–Crippen LogP) is 3.05. The molecule has 23 heavy (non-hydrogen) atoms. The Balaban J connectivity index is 2.07. The van der Waals surface area contributed by atoms with E-state index < -0.39 is 10.2 Å². The Hall–Kier alpha value is -1.70. The largest absolute Gasteiger partial charge is 0.301 e. The fraction of sp³-hybridized carbons (Fsp3) is 0.188. The summed E-state index contributed by atoms with van der Waals surface area (Å²) in [6.45, 7) is 0.274. The lowest BCUT2D eigenvalue weighted by Crippen LogP contribution is -2.32. The highest BCUT2D eigenvalue weighted by molar-refractivity contribution is 9.09. The topological polar surface area (TPSA) is 66.5 Å². The third-order valence-corrected chi connectivity index (χ3v) is 5.19. The minimum absolute atomic E-state index is 0.0550. The Bertz CT molecular complexity index is 762. The van der Waals surface area contributed by atoms with Gasteiger partial charge in [0.2, 0.25) is 0 Å². The van der Waals surface area contributed by atoms with Crippen molar-refractivity contribution in [2.75, 3.05) is 17.1 Å². The van der Waals surface area contributed by atoms with Crippen LogP contribution in [-0.4, -0.2) is 30.9 Å². The second kappa shape index (κ2) is 7.72. The first-order valence-electron chi connectivity index (χ1n) is 6.89. The van der Waals surface area contributed by atoms with E-state index in [0.717, 1.165) is 5.56 Å². The molecule has 2 aromatic carbocycles. The number of nitrogens with zero attached hydrogens (tertiary/aromatic N) is 1. The summed E-state index contributed by atoms with van der Waals surface area (Å²) in [4.78, 5) is 11.5. The Morgan fingerprint density at radius 2 is 1.70 bits per heavy atom. The summed E-state index contributed by atoms with van der Waals surface area (Å²) in [7, 11) is -2.15. The van der Waals surface area contributed by atoms with Gasteiger partial charge in [-0.2, -0.15) is 12.7 Å². The average Bonchev–Trinajstić information content (AvgIpc) is 2.55. The van der Waals surface area contributed by atoms with Crippen LogP contribution in [0.4, 0.5) is 5.69 Å². The van der Waals surface area contributed by atoms with Crippen LogP contribution in [0.5, 0.6) is 0 Å². The van der Waals surface area contributed by atoms with Gasteiger partial charge < -0.3 is 0 Å². The normalized spacial score (nSPS) is 11.4. The van der Waals surface area contributed by atoms with E-state index >= 15 is 0 Å². The zero-order chi connectivity index (χ0) is 16.9. The van der Waals surface area contributed by atoms with Crippen molar-refractivity contribution in [2.24, 2.45) is 0 Å². The summed E-state index contributed by atoms with van der Waals surface area (Å²) >= 11 is 3.10. The highest BCUT2D eigenvalue weighted by atomic mass is 79.9. The van der Waals surface area contributed by atoms with Crippen molar-refractivity contribution in [2.45, 2.75) is 6.54 Å². The average molecular weight is 397 g/mol. The van der Waals surface area contributed by atoms with E-state index in [0.29, 0.717) is 11.3 Å². The second-order valence-corrected chi connectivity index (χ2v) is 7.32. The molecule has 7 heteroatoms. The lowest BCUT2D eigenvalue weighted by molar-refractivity contribution is 0.102. The summed E-state index contributed by atoms with van der Waals surface area (Å²) in [6, 6.07) is 15.7. The number of halogens is 1. The lowest BCUT2D eigenvalue weighted by Gasteiger charge is -2.18. The maximum absolute atomic E-state index is 12.3. The van der Waals surface area contributed by atoms with Crippen LogP contribution >= 0.6 is 15.9 Å². The molecule has 0 saturated heterocycles. The number of carbonyl (C=O) groups is 1. The molecule has 122 valence electrons. The molecular formula is C16H17BrN2O3S. The quantitative estimate of drug-likeness (QED) is 0.577. The maximum atomic E-state index is 12.3. The van der Waals surface area contributed by atoms with Crippen molar-refractivity contribution >= 4 is 37.6 Å². The van der Waals surface area contributed by atoms with Gasteiger partial charge in [0.1, 0.15) is 0 Å². The van der Waals surface area contributed by atoms with E-state index in [1.54, 1.807) is 24.3 Å². The number of nitrogens with one attached hydrogen (secondary N) is 1. The van der Waals surface area contributed by atoms with Gasteiger partial charge in [0.05, 0.1) is 5.33 Å². The summed E-state index contributed by atoms with van der Waals surface area (Å²) in [5.74, 6) is -0.0550. The summed E-state index contributed by atoms with van der Waals surface area (Å²) in [5.41, 5.74) is 1.84. The fourth-order valence-electron chi connectivity index (χ4n) is 1.95. The van der Waals surface area contributed by atoms with Crippen molar-refractivity contribution in [1.82, 2.24) is 4.31 Å². The van der Waals surface area contributed by atoms with Crippen LogP contribution in [0, 0.1) is 0 Å². The maximum Gasteiger partial charge on any atom is 0.301 e. The van der Waals surface area contributed by atoms with Gasteiger partial charge in [0.15, 0.2) is 5.78 Å². The Kier molecular flexibility index (Phi) is 5.92. The van der Waals surface area contributed by atoms with E-state index in [1.165, 1.54) is 11.4 Å². The first-order valence-corrected chi connectivity index (χ1v) is 9.46. The lowest BCUT2D eigenvalue weighted by atomic mass is 10.1. The molecule has 0 atom stereocenters. The van der Waals surface area contributed by atoms with Crippen molar-refractivity contribution in [3.63, 3.8) is 0 Å². The monoisotopic (exact) mass is 396 g/mol. The minimum Gasteiger partial charge on any atom is -0.293 e. The predicted molar refractivity (Wildman–Crippen MR) is 95.0 cm³/mol. The molecule has 0 aliphatic heterocycles. The first kappa shape index (κ1) is 17.7. The van der Waals surface area contributed by atoms with E-state index in [4.69, 9.17) is 0 Å². The molecule has 2 rings (SSSR count). The summed E-state index contributed by atoms with van der Waals surface area (Å²) in [6.07, 6.45) is 0. The summed E-state index contributed by atoms with van der Waals surface area (Å²) in [5, 5.41) is 0.234. The van der Waals surface area contributed by atoms with Gasteiger partial charge in [-0.1, -0.05) is 46.3 Å². The summed E-state index contributed by atoms with van der Waals surface area (Å²) < 4.78 is 28.4. The van der Waals surface area contributed by atoms with Crippen LogP contribution in [0.15, 0.2) is 54.6 Å². The van der Waals surface area contributed by atoms with Gasteiger partial charge in [0.25, 0.3) is 0 Å². The molecule has 0 aromatic heterocycles. The smallest absolute Gasteiger partial charge is 0.293 e. The van der Waals surface area contributed by atoms with E-state index in [-0.39, 0.29) is 17.7 Å². The molecular weight excluding hydrogens is 380 g/mol. The SMILES string of the molecule is CN(Cc1ccccc1)S(=O)(=O)Nc1ccc(C(=O)CBr)cc1. The molecule has 0 radical (unpaired) electrons. The number of alkyl halides is 1. The molecule has 0 aliphatic rings. The molecule has 0 bridgehead atoms. The van der Waals surface area contributed by atoms with Gasteiger partial charge in [0, 0.05) is 24.8 Å². The molecule has 0 heterocycles. The Morgan fingerprint density at radius 3 is 2.26 bits per heavy atom. The highest BCUT2D eigenvalue weighted by Crippen LogP contribution is 2.15. The standard InChI is InChI=1S/C16H17BrN2O3S/c1-19(12-13-5-3-2-4-6-13)23(21,22)18-15-9-7-14(8-10-15)16(20)11-17/h2-10,18H,11-12H2,1H3. The zero-order valence-electron chi connectivity index (χ0n) is 12.6. The number of hydrogen-bond donors (Lipinski definition) is 1. The fourth-order valence-corrected chi connectivity index (χ4v) is 3.19. The number of benzene rings is 2. The van der Waals surface area contributed by atoms with Gasteiger partial charge >= 0.3 is 10.2 Å². The molecule has 0 aliphatic carbocycles. The number of anilines is 1. The van der Waals surface area contributed by atoms with Gasteiger partial charge in [-0.15, -0.1) is 0 Å². The number of Topliss-reactive ketones (excluding diaryl/α,β-unsaturated/α-hetero) is 1. The van der Waals surface area contributed by atoms with Crippen LogP contribution in [-0.2, 0) is 16.8 Å². The Labute approximate surface area is 144 Å². The second-order valence-electron chi connectivity index (χ2n) is 4.98. The van der Waals surface area contributed by atoms with Gasteiger partial charge in [-0.25, -0.2) is 0 Å². The van der Waals surface area contributed by atoms with Crippen LogP contribution in [0.25, 0.3) is 0 Å². The molecule has 0 amide bonds. The van der Waals surface area contributed by atoms with E-state index in [1.807, 2.05) is 30.3 Å². The van der Waals surface area contributed by atoms with Crippen LogP contribution in [0.3, 0.4) is 0 Å². The van der Waals surface area contributed by atoms with Crippen LogP contribution < -0.4 is 4.72 Å². The Morgan fingerprint density at radius 1 is 1.09 bits per heavy atom. The third kappa shape index (κ3) is 4.89. The number of ketones is 1. The number of rotatable bonds is 7. The molecule has 5 nitrogen and oxygen atoms in total.